The molecule has 0 radical (unpaired) electrons. The molecule has 0 spiro atoms. The highest BCUT2D eigenvalue weighted by Crippen LogP contribution is 2.18. The third-order valence-corrected chi connectivity index (χ3v) is 8.82. The second-order valence-corrected chi connectivity index (χ2v) is 13.7. The average Bonchev–Trinajstić information content (AvgIpc) is 3.01. The summed E-state index contributed by atoms with van der Waals surface area (Å²) in [5.41, 5.74) is 0. The molecule has 264 valence electrons. The fraction of sp³-hybridized carbons (Fsp3) is 0.865. The monoisotopic (exact) mass is 655 g/mol. The molecule has 0 aromatic heterocycles. The fourth-order valence-electron chi connectivity index (χ4n) is 5.06. The van der Waals surface area contributed by atoms with E-state index < -0.39 is 0 Å². The van der Waals surface area contributed by atoms with Crippen LogP contribution in [0.25, 0.3) is 0 Å². The van der Waals surface area contributed by atoms with Crippen molar-refractivity contribution in [3.8, 4) is 0 Å². The van der Waals surface area contributed by atoms with Crippen molar-refractivity contribution in [1.29, 1.82) is 0 Å². The summed E-state index contributed by atoms with van der Waals surface area (Å²) in [7, 11) is 4.00. The van der Waals surface area contributed by atoms with E-state index in [1.165, 1.54) is 76.0 Å². The van der Waals surface area contributed by atoms with Gasteiger partial charge in [0.25, 0.3) is 5.24 Å². The van der Waals surface area contributed by atoms with Gasteiger partial charge in [-0.1, -0.05) is 109 Å². The van der Waals surface area contributed by atoms with E-state index in [2.05, 4.69) is 31.7 Å². The number of unbranched alkanes of at least 4 members (excludes halogenated alkanes) is 12. The zero-order valence-electron chi connectivity index (χ0n) is 30.0. The lowest BCUT2D eigenvalue weighted by Gasteiger charge is -2.22. The van der Waals surface area contributed by atoms with Gasteiger partial charge in [-0.2, -0.15) is 0 Å². The quantitative estimate of drug-likeness (QED) is 0.0418. The molecule has 0 atom stereocenters. The number of carbonyl (C=O) groups excluding carboxylic acids is 3. The molecule has 0 saturated heterocycles. The van der Waals surface area contributed by atoms with E-state index >= 15 is 0 Å². The van der Waals surface area contributed by atoms with Crippen molar-refractivity contribution in [3.63, 3.8) is 0 Å². The van der Waals surface area contributed by atoms with Crippen LogP contribution >= 0.6 is 11.8 Å². The maximum absolute atomic E-state index is 13.0. The van der Waals surface area contributed by atoms with Gasteiger partial charge in [-0.05, 0) is 71.9 Å². The Bertz CT molecular complexity index is 734. The molecule has 0 aliphatic rings. The van der Waals surface area contributed by atoms with Crippen LogP contribution in [0.15, 0.2) is 12.2 Å². The molecule has 0 fully saturated rings. The van der Waals surface area contributed by atoms with E-state index in [9.17, 15) is 14.4 Å². The number of rotatable bonds is 31. The molecule has 0 aromatic rings. The van der Waals surface area contributed by atoms with Gasteiger partial charge in [0.05, 0.1) is 0 Å². The van der Waals surface area contributed by atoms with Gasteiger partial charge in [0, 0.05) is 38.2 Å². The second-order valence-electron chi connectivity index (χ2n) is 12.6. The maximum Gasteiger partial charge on any atom is 0.306 e. The number of thioether (sulfide) groups is 1. The molecule has 0 bridgehead atoms. The van der Waals surface area contributed by atoms with Crippen LogP contribution in [0.5, 0.6) is 0 Å². The van der Waals surface area contributed by atoms with Gasteiger partial charge in [0.2, 0.25) is 0 Å². The van der Waals surface area contributed by atoms with Crippen LogP contribution < -0.4 is 0 Å². The fourth-order valence-corrected chi connectivity index (χ4v) is 6.05. The maximum atomic E-state index is 13.0. The molecule has 0 unspecified atom stereocenters. The van der Waals surface area contributed by atoms with Gasteiger partial charge >= 0.3 is 11.9 Å². The lowest BCUT2D eigenvalue weighted by molar-refractivity contribution is -0.150. The predicted molar refractivity (Wildman–Crippen MR) is 192 cm³/mol. The standard InChI is InChI=1S/C37H70N2O5S/c1-6-9-12-15-16-17-23-32-43-35(40)28-24-30-39(37(42)45-33-31-38(4)5)29-22-18-21-27-36(41)44-34(25-19-13-10-7-2)26-20-14-11-8-3/h17,23,34H,6-16,18-22,24-33H2,1-5H3/b23-17-. The lowest BCUT2D eigenvalue weighted by atomic mass is 10.0. The topological polar surface area (TPSA) is 76.1 Å². The van der Waals surface area contributed by atoms with E-state index in [-0.39, 0.29) is 23.3 Å². The summed E-state index contributed by atoms with van der Waals surface area (Å²) in [6, 6.07) is 0. The summed E-state index contributed by atoms with van der Waals surface area (Å²) in [5.74, 6) is 0.438. The van der Waals surface area contributed by atoms with Crippen LogP contribution in [0.4, 0.5) is 4.79 Å². The van der Waals surface area contributed by atoms with Crippen LogP contribution in [0.3, 0.4) is 0 Å². The number of hydrogen-bond donors (Lipinski definition) is 0. The Kier molecular flexibility index (Phi) is 31.3. The predicted octanol–water partition coefficient (Wildman–Crippen LogP) is 9.97. The Morgan fingerprint density at radius 3 is 1.84 bits per heavy atom. The van der Waals surface area contributed by atoms with Crippen LogP contribution in [-0.4, -0.2) is 79.2 Å². The smallest absolute Gasteiger partial charge is 0.306 e. The third kappa shape index (κ3) is 29.6. The Morgan fingerprint density at radius 1 is 0.644 bits per heavy atom. The largest absolute Gasteiger partial charge is 0.462 e. The Labute approximate surface area is 282 Å². The molecule has 0 N–H and O–H groups in total. The lowest BCUT2D eigenvalue weighted by Crippen LogP contribution is -2.31. The molecule has 0 rings (SSSR count). The van der Waals surface area contributed by atoms with Crippen LogP contribution in [0.1, 0.15) is 156 Å². The third-order valence-electron chi connectivity index (χ3n) is 7.93. The van der Waals surface area contributed by atoms with Crippen LogP contribution in [0, 0.1) is 0 Å². The molecule has 0 aromatic carbocycles. The molecule has 8 heteroatoms. The Balaban J connectivity index is 4.54. The number of carbonyl (C=O) groups is 3. The van der Waals surface area contributed by atoms with Crippen LogP contribution in [-0.2, 0) is 19.1 Å². The first-order valence-electron chi connectivity index (χ1n) is 18.4. The van der Waals surface area contributed by atoms with Crippen molar-refractivity contribution in [1.82, 2.24) is 9.80 Å². The van der Waals surface area contributed by atoms with Crippen molar-refractivity contribution in [3.05, 3.63) is 12.2 Å². The van der Waals surface area contributed by atoms with Crippen LogP contribution in [0.2, 0.25) is 0 Å². The molecule has 0 heterocycles. The molecular formula is C37H70N2O5S. The minimum Gasteiger partial charge on any atom is -0.462 e. The molecule has 45 heavy (non-hydrogen) atoms. The van der Waals surface area contributed by atoms with E-state index in [1.807, 2.05) is 25.1 Å². The zero-order chi connectivity index (χ0) is 33.4. The first-order chi connectivity index (χ1) is 21.8. The van der Waals surface area contributed by atoms with Gasteiger partial charge in [-0.25, -0.2) is 0 Å². The van der Waals surface area contributed by atoms with Crippen molar-refractivity contribution in [2.75, 3.05) is 46.1 Å². The van der Waals surface area contributed by atoms with Gasteiger partial charge in [0.15, 0.2) is 0 Å². The van der Waals surface area contributed by atoms with Gasteiger partial charge in [-0.3, -0.25) is 14.4 Å². The minimum absolute atomic E-state index is 0.0526. The summed E-state index contributed by atoms with van der Waals surface area (Å²) >= 11 is 1.34. The average molecular weight is 655 g/mol. The highest BCUT2D eigenvalue weighted by Gasteiger charge is 2.16. The summed E-state index contributed by atoms with van der Waals surface area (Å²) in [6.45, 7) is 8.96. The Hall–Kier alpha value is -1.54. The first-order valence-corrected chi connectivity index (χ1v) is 19.4. The zero-order valence-corrected chi connectivity index (χ0v) is 30.8. The summed E-state index contributed by atoms with van der Waals surface area (Å²) in [4.78, 5) is 41.7. The van der Waals surface area contributed by atoms with E-state index in [0.717, 1.165) is 63.7 Å². The number of ether oxygens (including phenoxy) is 2. The summed E-state index contributed by atoms with van der Waals surface area (Å²) in [5, 5.41) is 0.0598. The van der Waals surface area contributed by atoms with E-state index in [0.29, 0.717) is 39.0 Å². The molecule has 0 aliphatic heterocycles. The number of nitrogens with zero attached hydrogens (tertiary/aromatic N) is 2. The van der Waals surface area contributed by atoms with Gasteiger partial charge in [-0.15, -0.1) is 0 Å². The molecular weight excluding hydrogens is 584 g/mol. The van der Waals surface area contributed by atoms with E-state index in [4.69, 9.17) is 9.47 Å². The Morgan fingerprint density at radius 2 is 1.22 bits per heavy atom. The summed E-state index contributed by atoms with van der Waals surface area (Å²) < 4.78 is 11.3. The molecule has 0 aliphatic carbocycles. The van der Waals surface area contributed by atoms with Crippen molar-refractivity contribution in [2.24, 2.45) is 0 Å². The van der Waals surface area contributed by atoms with Gasteiger partial charge < -0.3 is 19.3 Å². The number of esters is 2. The molecule has 7 nitrogen and oxygen atoms in total. The highest BCUT2D eigenvalue weighted by atomic mass is 32.2. The molecule has 1 amide bonds. The van der Waals surface area contributed by atoms with Crippen molar-refractivity contribution < 1.29 is 23.9 Å². The normalized spacial score (nSPS) is 11.5. The first kappa shape index (κ1) is 43.5. The second kappa shape index (κ2) is 32.4. The highest BCUT2D eigenvalue weighted by molar-refractivity contribution is 8.13. The van der Waals surface area contributed by atoms with Gasteiger partial charge in [0.1, 0.15) is 12.7 Å². The number of amides is 1. The van der Waals surface area contributed by atoms with E-state index in [1.54, 1.807) is 0 Å². The molecule has 0 saturated carbocycles. The summed E-state index contributed by atoms with van der Waals surface area (Å²) in [6.07, 6.45) is 25.4. The number of hydrogen-bond acceptors (Lipinski definition) is 7. The minimum atomic E-state index is -0.217. The number of allylic oxidation sites excluding steroid dienone is 1. The SMILES string of the molecule is CCCCCC/C=C\COC(=O)CCCN(CCCCCC(=O)OC(CCCCCC)CCCCCC)C(=O)SCCN(C)C. The van der Waals surface area contributed by atoms with Crippen molar-refractivity contribution in [2.45, 2.75) is 162 Å². The van der Waals surface area contributed by atoms with Crippen molar-refractivity contribution >= 4 is 28.9 Å².